The molecule has 0 radical (unpaired) electrons. The lowest BCUT2D eigenvalue weighted by atomic mass is 10.1. The predicted molar refractivity (Wildman–Crippen MR) is 134 cm³/mol. The zero-order valence-electron chi connectivity index (χ0n) is 19.0. The van der Waals surface area contributed by atoms with E-state index in [0.717, 1.165) is 77.6 Å². The van der Waals surface area contributed by atoms with Crippen LogP contribution in [0, 0.1) is 6.92 Å². The van der Waals surface area contributed by atoms with Crippen LogP contribution in [0.25, 0.3) is 21.6 Å². The van der Waals surface area contributed by atoms with Gasteiger partial charge in [0.1, 0.15) is 5.82 Å². The molecule has 5 rings (SSSR count). The Kier molecular flexibility index (Phi) is 6.48. The maximum atomic E-state index is 12.6. The molecule has 1 aliphatic rings. The minimum atomic E-state index is 0.0552. The lowest BCUT2D eigenvalue weighted by molar-refractivity contribution is -0.116. The molecule has 0 bridgehead atoms. The topological polar surface area (TPSA) is 72.7 Å². The normalized spacial score (nSPS) is 13.6. The highest BCUT2D eigenvalue weighted by Gasteiger charge is 2.17. The minimum Gasteiger partial charge on any atom is -0.326 e. The molecular formula is C26H29N5OS. The molecule has 0 spiro atoms. The zero-order chi connectivity index (χ0) is 22.6. The van der Waals surface area contributed by atoms with Crippen molar-refractivity contribution in [2.75, 3.05) is 5.32 Å². The highest BCUT2D eigenvalue weighted by Crippen LogP contribution is 2.27. The lowest BCUT2D eigenvalue weighted by Crippen LogP contribution is -2.12. The third-order valence-electron chi connectivity index (χ3n) is 6.26. The van der Waals surface area contributed by atoms with Gasteiger partial charge < -0.3 is 9.88 Å². The monoisotopic (exact) mass is 459 g/mol. The van der Waals surface area contributed by atoms with Crippen molar-refractivity contribution in [1.82, 2.24) is 19.7 Å². The van der Waals surface area contributed by atoms with E-state index < -0.39 is 0 Å². The van der Waals surface area contributed by atoms with Crippen molar-refractivity contribution in [3.8, 4) is 11.4 Å². The highest BCUT2D eigenvalue weighted by molar-refractivity contribution is 7.18. The van der Waals surface area contributed by atoms with Crippen LogP contribution in [0.5, 0.6) is 0 Å². The van der Waals surface area contributed by atoms with Crippen LogP contribution in [0.1, 0.15) is 54.9 Å². The van der Waals surface area contributed by atoms with E-state index in [9.17, 15) is 4.79 Å². The largest absolute Gasteiger partial charge is 0.326 e. The molecule has 0 unspecified atom stereocenters. The van der Waals surface area contributed by atoms with Gasteiger partial charge in [-0.05, 0) is 62.8 Å². The van der Waals surface area contributed by atoms with E-state index in [2.05, 4.69) is 49.3 Å². The number of anilines is 1. The average Bonchev–Trinajstić information content (AvgIpc) is 3.34. The molecule has 2 aromatic heterocycles. The SMILES string of the molecule is Cc1ccc(-c2nnc3n2CCCCC3)cc1NC(=O)CCCCc1nc2ccccc2s1. The van der Waals surface area contributed by atoms with Gasteiger partial charge in [-0.25, -0.2) is 4.98 Å². The maximum absolute atomic E-state index is 12.6. The van der Waals surface area contributed by atoms with Gasteiger partial charge in [-0.1, -0.05) is 30.7 Å². The Bertz CT molecular complexity index is 1240. The molecule has 0 aliphatic carbocycles. The van der Waals surface area contributed by atoms with Crippen LogP contribution in [0.4, 0.5) is 5.69 Å². The van der Waals surface area contributed by atoms with Crippen molar-refractivity contribution in [3.05, 3.63) is 58.9 Å². The molecule has 4 aromatic rings. The van der Waals surface area contributed by atoms with Gasteiger partial charge in [-0.3, -0.25) is 4.79 Å². The van der Waals surface area contributed by atoms with E-state index in [0.29, 0.717) is 6.42 Å². The van der Waals surface area contributed by atoms with Gasteiger partial charge in [0.2, 0.25) is 5.91 Å². The summed E-state index contributed by atoms with van der Waals surface area (Å²) in [7, 11) is 0. The third kappa shape index (κ3) is 4.98. The van der Waals surface area contributed by atoms with Gasteiger partial charge in [-0.2, -0.15) is 0 Å². The smallest absolute Gasteiger partial charge is 0.224 e. The third-order valence-corrected chi connectivity index (χ3v) is 7.36. The number of unbranched alkanes of at least 4 members (excludes halogenated alkanes) is 1. The zero-order valence-corrected chi connectivity index (χ0v) is 19.8. The van der Waals surface area contributed by atoms with E-state index >= 15 is 0 Å². The number of rotatable bonds is 7. The quantitative estimate of drug-likeness (QED) is 0.347. The first-order valence-corrected chi connectivity index (χ1v) is 12.7. The Balaban J connectivity index is 1.18. The first-order valence-electron chi connectivity index (χ1n) is 11.8. The van der Waals surface area contributed by atoms with Crippen molar-refractivity contribution < 1.29 is 4.79 Å². The summed E-state index contributed by atoms with van der Waals surface area (Å²) in [6, 6.07) is 14.4. The first-order chi connectivity index (χ1) is 16.2. The number of nitrogens with zero attached hydrogens (tertiary/aromatic N) is 4. The number of benzene rings is 2. The Morgan fingerprint density at radius 1 is 1.09 bits per heavy atom. The van der Waals surface area contributed by atoms with Crippen LogP contribution in [-0.4, -0.2) is 25.7 Å². The van der Waals surface area contributed by atoms with Gasteiger partial charge in [0.15, 0.2) is 5.82 Å². The number of para-hydroxylation sites is 1. The summed E-state index contributed by atoms with van der Waals surface area (Å²) in [5.41, 5.74) is 3.98. The maximum Gasteiger partial charge on any atom is 0.224 e. The van der Waals surface area contributed by atoms with Crippen molar-refractivity contribution in [2.45, 2.75) is 64.8 Å². The molecule has 33 heavy (non-hydrogen) atoms. The highest BCUT2D eigenvalue weighted by atomic mass is 32.1. The number of thiazole rings is 1. The Morgan fingerprint density at radius 3 is 2.91 bits per heavy atom. The van der Waals surface area contributed by atoms with Gasteiger partial charge in [-0.15, -0.1) is 21.5 Å². The van der Waals surface area contributed by atoms with Gasteiger partial charge in [0, 0.05) is 30.6 Å². The van der Waals surface area contributed by atoms with Crippen molar-refractivity contribution in [2.24, 2.45) is 0 Å². The number of carbonyl (C=O) groups excluding carboxylic acids is 1. The first kappa shape index (κ1) is 21.8. The van der Waals surface area contributed by atoms with Crippen molar-refractivity contribution >= 4 is 33.1 Å². The molecule has 1 amide bonds. The summed E-state index contributed by atoms with van der Waals surface area (Å²) < 4.78 is 3.47. The van der Waals surface area contributed by atoms with E-state index in [1.807, 2.05) is 25.1 Å². The molecule has 1 aliphatic heterocycles. The van der Waals surface area contributed by atoms with E-state index in [-0.39, 0.29) is 5.91 Å². The molecule has 170 valence electrons. The van der Waals surface area contributed by atoms with Crippen molar-refractivity contribution in [1.29, 1.82) is 0 Å². The lowest BCUT2D eigenvalue weighted by Gasteiger charge is -2.12. The summed E-state index contributed by atoms with van der Waals surface area (Å²) in [5.74, 6) is 2.03. The number of hydrogen-bond donors (Lipinski definition) is 1. The average molecular weight is 460 g/mol. The van der Waals surface area contributed by atoms with Crippen LogP contribution in [-0.2, 0) is 24.2 Å². The van der Waals surface area contributed by atoms with Crippen LogP contribution in [0.2, 0.25) is 0 Å². The molecule has 0 saturated heterocycles. The summed E-state index contributed by atoms with van der Waals surface area (Å²) in [6.45, 7) is 2.98. The molecule has 2 aromatic carbocycles. The number of fused-ring (bicyclic) bond motifs is 2. The molecule has 0 saturated carbocycles. The van der Waals surface area contributed by atoms with E-state index in [1.165, 1.54) is 17.5 Å². The Hall–Kier alpha value is -3.06. The number of nitrogens with one attached hydrogen (secondary N) is 1. The van der Waals surface area contributed by atoms with Gasteiger partial charge in [0.05, 0.1) is 15.2 Å². The Labute approximate surface area is 198 Å². The minimum absolute atomic E-state index is 0.0552. The second-order valence-electron chi connectivity index (χ2n) is 8.76. The van der Waals surface area contributed by atoms with Crippen molar-refractivity contribution in [3.63, 3.8) is 0 Å². The molecule has 0 fully saturated rings. The summed E-state index contributed by atoms with van der Waals surface area (Å²) in [6.07, 6.45) is 7.78. The fourth-order valence-corrected chi connectivity index (χ4v) is 5.40. The molecule has 3 heterocycles. The molecule has 6 nitrogen and oxygen atoms in total. The number of amides is 1. The fraction of sp³-hybridized carbons (Fsp3) is 0.385. The van der Waals surface area contributed by atoms with Crippen LogP contribution >= 0.6 is 11.3 Å². The second-order valence-corrected chi connectivity index (χ2v) is 9.88. The standard InChI is InChI=1S/C26H29N5OS/c1-18-14-15-19(26-30-29-23-11-3-2-8-16-31(23)26)17-21(18)27-24(32)12-6-7-13-25-28-20-9-4-5-10-22(20)33-25/h4-5,9-10,14-15,17H,2-3,6-8,11-13,16H2,1H3,(H,27,32). The molecule has 7 heteroatoms. The van der Waals surface area contributed by atoms with Crippen LogP contribution in [0.3, 0.4) is 0 Å². The number of aryl methyl sites for hydroxylation is 3. The summed E-state index contributed by atoms with van der Waals surface area (Å²) in [4.78, 5) is 17.3. The van der Waals surface area contributed by atoms with Gasteiger partial charge >= 0.3 is 0 Å². The molecular weight excluding hydrogens is 430 g/mol. The van der Waals surface area contributed by atoms with Crippen LogP contribution in [0.15, 0.2) is 42.5 Å². The molecule has 0 atom stereocenters. The number of hydrogen-bond acceptors (Lipinski definition) is 5. The predicted octanol–water partition coefficient (Wildman–Crippen LogP) is 5.94. The number of aromatic nitrogens is 4. The summed E-state index contributed by atoms with van der Waals surface area (Å²) >= 11 is 1.75. The van der Waals surface area contributed by atoms with E-state index in [4.69, 9.17) is 0 Å². The van der Waals surface area contributed by atoms with Gasteiger partial charge in [0.25, 0.3) is 0 Å². The summed E-state index contributed by atoms with van der Waals surface area (Å²) in [5, 5.41) is 13.1. The van der Waals surface area contributed by atoms with Crippen LogP contribution < -0.4 is 5.32 Å². The molecule has 1 N–H and O–H groups in total. The van der Waals surface area contributed by atoms with E-state index in [1.54, 1.807) is 11.3 Å². The Morgan fingerprint density at radius 2 is 2.00 bits per heavy atom. The fourth-order valence-electron chi connectivity index (χ4n) is 4.40. The second kappa shape index (κ2) is 9.83. The number of carbonyl (C=O) groups is 1.